The fourth-order valence-corrected chi connectivity index (χ4v) is 14.4. The second-order valence-corrected chi connectivity index (χ2v) is 23.9. The van der Waals surface area contributed by atoms with Crippen molar-refractivity contribution < 1.29 is 28.4 Å². The summed E-state index contributed by atoms with van der Waals surface area (Å²) in [5.74, 6) is 0.721. The molecule has 4 aliphatic heterocycles. The van der Waals surface area contributed by atoms with E-state index in [9.17, 15) is 28.8 Å². The van der Waals surface area contributed by atoms with Crippen molar-refractivity contribution in [3.05, 3.63) is 111 Å². The van der Waals surface area contributed by atoms with Crippen LogP contribution >= 0.6 is 0 Å². The number of likely N-dealkylation sites (tertiary alicyclic amines) is 2. The number of nitrogens with zero attached hydrogens (tertiary/aromatic N) is 7. The van der Waals surface area contributed by atoms with Gasteiger partial charge in [-0.2, -0.15) is 5.10 Å². The molecule has 4 saturated heterocycles. The molecule has 15 nitrogen and oxygen atoms in total. The number of fused-ring (bicyclic) bond motifs is 1. The van der Waals surface area contributed by atoms with Crippen LogP contribution in [0, 0.1) is 29.0 Å². The molecule has 5 heterocycles. The molecule has 8 aliphatic rings. The minimum absolute atomic E-state index is 0.0188. The largest absolute Gasteiger partial charge is 0.342 e. The number of aromatic amines is 1. The molecule has 0 spiro atoms. The summed E-state index contributed by atoms with van der Waals surface area (Å²) in [4.78, 5) is 94.4. The normalized spacial score (nSPS) is 26.1. The number of hydrogen-bond acceptors (Lipinski definition) is 9. The van der Waals surface area contributed by atoms with Crippen LogP contribution in [0.2, 0.25) is 0 Å². The summed E-state index contributed by atoms with van der Waals surface area (Å²) >= 11 is 0. The van der Waals surface area contributed by atoms with Gasteiger partial charge in [0.15, 0.2) is 0 Å². The van der Waals surface area contributed by atoms with Crippen molar-refractivity contribution in [3.8, 4) is 0 Å². The molecule has 4 atom stereocenters. The standard InChI is InChI=1S/C60H76FN9O6/c1-39-34-66(35-40(2)70(39)58(75)54(44-10-4-3-5-11-44)62-55(72)46-13-8-12-45(30-46)47-14-9-21-69(37-47)59(76)60-31-43(32-60)33-60)36-41-19-22-65(23-20-41)38-53(71)67-24-26-68(27-25-67)57(74)50-28-42(17-18-51(50)61)29-52-48-15-6-7-16-49(48)56(73)64-63-52/h6-8,12-13,15-18,28,30,39-41,43-44,47,54H,3-5,9-11,14,19-27,29,31-38H2,1-2H3,(H,62,72)(H,64,73)/t39?,40?,43?,47-,54-,60?/m1/s1. The van der Waals surface area contributed by atoms with Crippen LogP contribution in [-0.2, 0) is 20.8 Å². The topological polar surface area (TPSA) is 163 Å². The van der Waals surface area contributed by atoms with Gasteiger partial charge in [0, 0.05) is 94.3 Å². The van der Waals surface area contributed by atoms with Gasteiger partial charge in [0.05, 0.1) is 28.6 Å². The van der Waals surface area contributed by atoms with E-state index in [0.717, 1.165) is 128 Å². The molecule has 404 valence electrons. The van der Waals surface area contributed by atoms with E-state index in [1.54, 1.807) is 29.2 Å². The maximum absolute atomic E-state index is 15.2. The lowest BCUT2D eigenvalue weighted by Gasteiger charge is -2.61. The molecule has 12 rings (SSSR count). The number of carbonyl (C=O) groups is 5. The number of halogens is 1. The molecular formula is C60H76FN9O6. The van der Waals surface area contributed by atoms with Crippen molar-refractivity contribution in [2.75, 3.05) is 78.5 Å². The van der Waals surface area contributed by atoms with Gasteiger partial charge in [0.25, 0.3) is 17.4 Å². The first-order valence-corrected chi connectivity index (χ1v) is 28.6. The van der Waals surface area contributed by atoms with Gasteiger partial charge in [-0.15, -0.1) is 0 Å². The average Bonchev–Trinajstić information content (AvgIpc) is 3.43. The van der Waals surface area contributed by atoms with E-state index < -0.39 is 17.8 Å². The van der Waals surface area contributed by atoms with Crippen molar-refractivity contribution in [2.24, 2.45) is 23.2 Å². The molecule has 0 radical (unpaired) electrons. The molecule has 8 fully saturated rings. The third kappa shape index (κ3) is 10.8. The number of nitrogens with one attached hydrogen (secondary N) is 2. The summed E-state index contributed by atoms with van der Waals surface area (Å²) in [6.07, 6.45) is 12.5. The fourth-order valence-electron chi connectivity index (χ4n) is 14.4. The number of amides is 5. The first kappa shape index (κ1) is 52.1. The minimum Gasteiger partial charge on any atom is -0.342 e. The van der Waals surface area contributed by atoms with E-state index in [-0.39, 0.29) is 58.2 Å². The number of piperazine rings is 2. The number of piperidine rings is 2. The first-order valence-electron chi connectivity index (χ1n) is 28.6. The highest BCUT2D eigenvalue weighted by molar-refractivity contribution is 5.98. The van der Waals surface area contributed by atoms with Gasteiger partial charge in [0.2, 0.25) is 17.7 Å². The monoisotopic (exact) mass is 1040 g/mol. The molecule has 2 unspecified atom stereocenters. The second-order valence-electron chi connectivity index (χ2n) is 23.9. The highest BCUT2D eigenvalue weighted by Crippen LogP contribution is 2.65. The van der Waals surface area contributed by atoms with Crippen molar-refractivity contribution in [2.45, 2.75) is 121 Å². The maximum atomic E-state index is 15.2. The Morgan fingerprint density at radius 1 is 0.737 bits per heavy atom. The second kappa shape index (κ2) is 22.2. The van der Waals surface area contributed by atoms with Gasteiger partial charge < -0.3 is 24.9 Å². The van der Waals surface area contributed by atoms with Gasteiger partial charge in [-0.05, 0) is 144 Å². The number of benzene rings is 3. The van der Waals surface area contributed by atoms with Crippen LogP contribution in [-0.4, -0.2) is 166 Å². The molecule has 16 heteroatoms. The lowest BCUT2D eigenvalue weighted by atomic mass is 9.44. The number of rotatable bonds is 13. The Bertz CT molecular complexity index is 2860. The molecule has 4 saturated carbocycles. The Labute approximate surface area is 445 Å². The molecule has 4 aromatic rings. The third-order valence-corrected chi connectivity index (χ3v) is 18.7. The molecule has 76 heavy (non-hydrogen) atoms. The van der Waals surface area contributed by atoms with E-state index in [0.29, 0.717) is 85.1 Å². The van der Waals surface area contributed by atoms with Crippen LogP contribution in [0.5, 0.6) is 0 Å². The summed E-state index contributed by atoms with van der Waals surface area (Å²) in [6, 6.07) is 19.0. The summed E-state index contributed by atoms with van der Waals surface area (Å²) in [7, 11) is 0. The smallest absolute Gasteiger partial charge is 0.272 e. The highest BCUT2D eigenvalue weighted by atomic mass is 19.1. The van der Waals surface area contributed by atoms with Crippen LogP contribution < -0.4 is 10.9 Å². The summed E-state index contributed by atoms with van der Waals surface area (Å²) < 4.78 is 15.2. The van der Waals surface area contributed by atoms with E-state index in [1.165, 1.54) is 6.07 Å². The van der Waals surface area contributed by atoms with Crippen LogP contribution in [0.3, 0.4) is 0 Å². The zero-order chi connectivity index (χ0) is 52.7. The molecule has 2 bridgehead atoms. The van der Waals surface area contributed by atoms with E-state index in [1.807, 2.05) is 35.2 Å². The number of hydrogen-bond donors (Lipinski definition) is 2. The zero-order valence-electron chi connectivity index (χ0n) is 44.5. The van der Waals surface area contributed by atoms with Gasteiger partial charge in [0.1, 0.15) is 11.9 Å². The molecular weight excluding hydrogens is 962 g/mol. The minimum atomic E-state index is -0.604. The van der Waals surface area contributed by atoms with Gasteiger partial charge in [-0.25, -0.2) is 9.49 Å². The Kier molecular flexibility index (Phi) is 15.2. The predicted octanol–water partition coefficient (Wildman–Crippen LogP) is 6.46. The number of carbonyl (C=O) groups excluding carboxylic acids is 5. The molecule has 5 amide bonds. The van der Waals surface area contributed by atoms with Crippen molar-refractivity contribution >= 4 is 40.3 Å². The lowest BCUT2D eigenvalue weighted by molar-refractivity contribution is -0.178. The Balaban J connectivity index is 0.636. The van der Waals surface area contributed by atoms with Crippen molar-refractivity contribution in [3.63, 3.8) is 0 Å². The summed E-state index contributed by atoms with van der Waals surface area (Å²) in [5.41, 5.74) is 2.61. The molecule has 4 aliphatic carbocycles. The van der Waals surface area contributed by atoms with Crippen molar-refractivity contribution in [1.29, 1.82) is 0 Å². The van der Waals surface area contributed by atoms with E-state index in [4.69, 9.17) is 0 Å². The van der Waals surface area contributed by atoms with Crippen molar-refractivity contribution in [1.82, 2.24) is 44.9 Å². The zero-order valence-corrected chi connectivity index (χ0v) is 44.5. The number of aromatic nitrogens is 2. The third-order valence-electron chi connectivity index (χ3n) is 18.7. The maximum Gasteiger partial charge on any atom is 0.272 e. The molecule has 2 N–H and O–H groups in total. The SMILES string of the molecule is CC1CN(CC2CCN(CC(=O)N3CCN(C(=O)c4cc(Cc5n[nH]c(=O)c6ccccc56)ccc4F)CC3)CC2)CC(C)N1C(=O)[C@H](NC(=O)c1cccc([C@@H]2CCCN(C(=O)C34CC(C3)C4)C2)c1)C1CCCCC1. The van der Waals surface area contributed by atoms with Gasteiger partial charge in [-0.1, -0.05) is 55.7 Å². The fraction of sp³-hybridized carbons (Fsp3) is 0.583. The van der Waals surface area contributed by atoms with E-state index >= 15 is 4.39 Å². The highest BCUT2D eigenvalue weighted by Gasteiger charge is 2.62. The summed E-state index contributed by atoms with van der Waals surface area (Å²) in [6.45, 7) is 11.7. The van der Waals surface area contributed by atoms with E-state index in [2.05, 4.69) is 55.0 Å². The van der Waals surface area contributed by atoms with Crippen LogP contribution in [0.1, 0.15) is 134 Å². The number of H-pyrrole nitrogens is 1. The first-order chi connectivity index (χ1) is 36.8. The van der Waals surface area contributed by atoms with Gasteiger partial charge in [-0.3, -0.25) is 38.6 Å². The lowest BCUT2D eigenvalue weighted by Crippen LogP contribution is -2.64. The Morgan fingerprint density at radius 3 is 2.16 bits per heavy atom. The van der Waals surface area contributed by atoms with Crippen LogP contribution in [0.4, 0.5) is 4.39 Å². The molecule has 3 aromatic carbocycles. The van der Waals surface area contributed by atoms with Crippen LogP contribution in [0.25, 0.3) is 10.8 Å². The average molecular weight is 1040 g/mol. The quantitative estimate of drug-likeness (QED) is 0.153. The van der Waals surface area contributed by atoms with Gasteiger partial charge >= 0.3 is 0 Å². The predicted molar refractivity (Wildman–Crippen MR) is 288 cm³/mol. The Morgan fingerprint density at radius 2 is 1.45 bits per heavy atom. The summed E-state index contributed by atoms with van der Waals surface area (Å²) in [5, 5.41) is 11.3. The van der Waals surface area contributed by atoms with Crippen LogP contribution in [0.15, 0.2) is 71.5 Å². The molecule has 1 aromatic heterocycles. The Hall–Kier alpha value is -6.00.